The van der Waals surface area contributed by atoms with Crippen LogP contribution in [0.3, 0.4) is 0 Å². The zero-order valence-corrected chi connectivity index (χ0v) is 19.2. The lowest BCUT2D eigenvalue weighted by Gasteiger charge is -2.40. The molecule has 0 bridgehead atoms. The van der Waals surface area contributed by atoms with Crippen molar-refractivity contribution in [3.05, 3.63) is 108 Å². The second-order valence-corrected chi connectivity index (χ2v) is 8.47. The van der Waals surface area contributed by atoms with Crippen LogP contribution in [-0.2, 0) is 25.5 Å². The second kappa shape index (κ2) is 9.58. The predicted octanol–water partition coefficient (Wildman–Crippen LogP) is 4.17. The van der Waals surface area contributed by atoms with Crippen molar-refractivity contribution in [1.82, 2.24) is 4.90 Å². The van der Waals surface area contributed by atoms with E-state index in [0.29, 0.717) is 17.1 Å². The Morgan fingerprint density at radius 3 is 2.25 bits per heavy atom. The van der Waals surface area contributed by atoms with Gasteiger partial charge in [0.05, 0.1) is 12.0 Å². The summed E-state index contributed by atoms with van der Waals surface area (Å²) in [6, 6.07) is 24.8. The van der Waals surface area contributed by atoms with Crippen molar-refractivity contribution in [2.45, 2.75) is 24.6 Å². The van der Waals surface area contributed by atoms with Crippen LogP contribution < -0.4 is 4.74 Å². The molecule has 2 saturated heterocycles. The Hall–Kier alpha value is -4.59. The van der Waals surface area contributed by atoms with Crippen molar-refractivity contribution in [3.63, 3.8) is 0 Å². The smallest absolute Gasteiger partial charge is 0.338 e. The van der Waals surface area contributed by atoms with Gasteiger partial charge in [-0.3, -0.25) is 9.69 Å². The Morgan fingerprint density at radius 1 is 0.972 bits per heavy atom. The molecule has 0 radical (unpaired) electrons. The second-order valence-electron chi connectivity index (χ2n) is 8.47. The summed E-state index contributed by atoms with van der Waals surface area (Å²) in [7, 11) is 0. The number of para-hydroxylation sites is 1. The Morgan fingerprint density at radius 2 is 1.61 bits per heavy atom. The summed E-state index contributed by atoms with van der Waals surface area (Å²) >= 11 is 0. The monoisotopic (exact) mass is 485 g/mol. The van der Waals surface area contributed by atoms with Crippen molar-refractivity contribution in [2.24, 2.45) is 0 Å². The van der Waals surface area contributed by atoms with Gasteiger partial charge in [0.1, 0.15) is 23.9 Å². The van der Waals surface area contributed by atoms with Gasteiger partial charge < -0.3 is 19.3 Å². The van der Waals surface area contributed by atoms with Crippen molar-refractivity contribution in [3.8, 4) is 11.5 Å². The Bertz CT molecular complexity index is 1300. The van der Waals surface area contributed by atoms with Gasteiger partial charge in [0.2, 0.25) is 11.4 Å². The van der Waals surface area contributed by atoms with Gasteiger partial charge in [-0.05, 0) is 48.0 Å². The number of hydrogen-bond donors (Lipinski definition) is 1. The number of benzene rings is 3. The van der Waals surface area contributed by atoms with Crippen LogP contribution in [0.2, 0.25) is 0 Å². The van der Waals surface area contributed by atoms with Crippen LogP contribution in [0.25, 0.3) is 0 Å². The average molecular weight is 485 g/mol. The number of carbonyl (C=O) groups is 3. The molecule has 5 rings (SSSR count). The van der Waals surface area contributed by atoms with Crippen LogP contribution >= 0.6 is 0 Å². The minimum atomic E-state index is -1.69. The molecule has 3 aromatic carbocycles. The molecule has 2 aliphatic heterocycles. The Kier molecular flexibility index (Phi) is 6.16. The molecule has 36 heavy (non-hydrogen) atoms. The summed E-state index contributed by atoms with van der Waals surface area (Å²) in [5.74, 6) is -0.740. The molecular weight excluding hydrogens is 462 g/mol. The summed E-state index contributed by atoms with van der Waals surface area (Å²) in [6.45, 7) is -0.213. The van der Waals surface area contributed by atoms with E-state index in [0.717, 1.165) is 5.56 Å². The third kappa shape index (κ3) is 4.29. The molecular formula is C28H23NO7. The molecule has 2 atom stereocenters. The lowest BCUT2D eigenvalue weighted by Crippen LogP contribution is -2.63. The molecule has 0 saturated carbocycles. The van der Waals surface area contributed by atoms with Gasteiger partial charge in [0.15, 0.2) is 6.23 Å². The first kappa shape index (κ1) is 23.2. The van der Waals surface area contributed by atoms with Gasteiger partial charge in [-0.15, -0.1) is 0 Å². The van der Waals surface area contributed by atoms with E-state index in [1.807, 2.05) is 36.4 Å². The minimum absolute atomic E-state index is 0.0358. The highest BCUT2D eigenvalue weighted by atomic mass is 16.5. The van der Waals surface area contributed by atoms with Crippen LogP contribution in [-0.4, -0.2) is 46.2 Å². The number of rotatable bonds is 8. The molecule has 1 amide bonds. The van der Waals surface area contributed by atoms with Crippen LogP contribution in [0.15, 0.2) is 96.8 Å². The predicted molar refractivity (Wildman–Crippen MR) is 128 cm³/mol. The number of β-lactam (4-membered cyclic amide) rings is 1. The Balaban J connectivity index is 1.29. The fraction of sp³-hybridized carbons (Fsp3) is 0.179. The first-order valence-electron chi connectivity index (χ1n) is 11.4. The number of amides is 1. The summed E-state index contributed by atoms with van der Waals surface area (Å²) in [4.78, 5) is 38.7. The molecule has 2 heterocycles. The zero-order valence-electron chi connectivity index (χ0n) is 19.2. The zero-order chi connectivity index (χ0) is 25.1. The quantitative estimate of drug-likeness (QED) is 0.377. The summed E-state index contributed by atoms with van der Waals surface area (Å²) in [5.41, 5.74) is -0.636. The number of carbonyl (C=O) groups excluding carboxylic acids is 2. The van der Waals surface area contributed by atoms with E-state index >= 15 is 0 Å². The van der Waals surface area contributed by atoms with E-state index in [1.165, 1.54) is 11.0 Å². The number of esters is 1. The van der Waals surface area contributed by atoms with Crippen LogP contribution in [0, 0.1) is 0 Å². The fourth-order valence-corrected chi connectivity index (χ4v) is 4.43. The molecule has 0 unspecified atom stereocenters. The summed E-state index contributed by atoms with van der Waals surface area (Å²) in [6.07, 6.45) is 0.927. The Labute approximate surface area is 207 Å². The normalized spacial score (nSPS) is 21.3. The number of ether oxygens (including phenoxy) is 3. The van der Waals surface area contributed by atoms with Crippen molar-refractivity contribution >= 4 is 17.8 Å². The van der Waals surface area contributed by atoms with Crippen molar-refractivity contribution in [1.29, 1.82) is 0 Å². The first-order valence-corrected chi connectivity index (χ1v) is 11.4. The first-order chi connectivity index (χ1) is 17.5. The van der Waals surface area contributed by atoms with E-state index in [2.05, 4.69) is 0 Å². The molecule has 8 nitrogen and oxygen atoms in total. The number of nitrogens with zero attached hydrogens (tertiary/aromatic N) is 1. The third-order valence-corrected chi connectivity index (χ3v) is 6.20. The SMILES string of the molecule is O=C(OC/C=C1\O[C@@H]2CC(=O)N2[C@@]1(Cc1ccccc1)C(=O)O)c1ccc(Oc2ccccc2)cc1. The van der Waals surface area contributed by atoms with Gasteiger partial charge in [0, 0.05) is 6.42 Å². The summed E-state index contributed by atoms with van der Waals surface area (Å²) in [5, 5.41) is 10.2. The van der Waals surface area contributed by atoms with E-state index in [4.69, 9.17) is 14.2 Å². The number of carboxylic acids is 1. The van der Waals surface area contributed by atoms with Crippen molar-refractivity contribution in [2.75, 3.05) is 6.61 Å². The standard InChI is InChI=1S/C28H23NO7/c30-24-17-25-29(24)28(27(32)33,18-19-7-3-1-4-8-19)23(36-25)15-16-34-26(31)20-11-13-22(14-12-20)35-21-9-5-2-6-10-21/h1-15,25H,16-18H2,(H,32,33)/b23-15-/t25-,28-/m1/s1. The van der Waals surface area contributed by atoms with Crippen molar-refractivity contribution < 1.29 is 33.7 Å². The number of hydrogen-bond acceptors (Lipinski definition) is 6. The highest BCUT2D eigenvalue weighted by molar-refractivity contribution is 5.95. The molecule has 2 fully saturated rings. The van der Waals surface area contributed by atoms with Crippen LogP contribution in [0.5, 0.6) is 11.5 Å². The van der Waals surface area contributed by atoms with E-state index < -0.39 is 23.7 Å². The summed E-state index contributed by atoms with van der Waals surface area (Å²) < 4.78 is 16.9. The van der Waals surface area contributed by atoms with Crippen LogP contribution in [0.1, 0.15) is 22.3 Å². The van der Waals surface area contributed by atoms with Gasteiger partial charge in [-0.1, -0.05) is 48.5 Å². The fourth-order valence-electron chi connectivity index (χ4n) is 4.43. The molecule has 2 aliphatic rings. The minimum Gasteiger partial charge on any atom is -0.479 e. The number of carboxylic acid groups (broad SMARTS) is 1. The topological polar surface area (TPSA) is 102 Å². The number of aliphatic carboxylic acids is 1. The highest BCUT2D eigenvalue weighted by Crippen LogP contribution is 2.46. The number of fused-ring (bicyclic) bond motifs is 1. The molecule has 1 N–H and O–H groups in total. The van der Waals surface area contributed by atoms with E-state index in [1.54, 1.807) is 48.5 Å². The molecule has 0 aromatic heterocycles. The molecule has 0 spiro atoms. The molecule has 8 heteroatoms. The van der Waals surface area contributed by atoms with E-state index in [-0.39, 0.29) is 31.1 Å². The maximum absolute atomic E-state index is 12.6. The highest BCUT2D eigenvalue weighted by Gasteiger charge is 2.64. The third-order valence-electron chi connectivity index (χ3n) is 6.20. The van der Waals surface area contributed by atoms with Gasteiger partial charge in [0.25, 0.3) is 0 Å². The lowest BCUT2D eigenvalue weighted by atomic mass is 9.85. The maximum atomic E-state index is 12.6. The van der Waals surface area contributed by atoms with Gasteiger partial charge >= 0.3 is 11.9 Å². The van der Waals surface area contributed by atoms with E-state index in [9.17, 15) is 19.5 Å². The van der Waals surface area contributed by atoms with Gasteiger partial charge in [-0.2, -0.15) is 0 Å². The van der Waals surface area contributed by atoms with Crippen LogP contribution in [0.4, 0.5) is 0 Å². The largest absolute Gasteiger partial charge is 0.479 e. The average Bonchev–Trinajstić information content (AvgIpc) is 3.13. The van der Waals surface area contributed by atoms with Gasteiger partial charge in [-0.25, -0.2) is 9.59 Å². The maximum Gasteiger partial charge on any atom is 0.338 e. The molecule has 0 aliphatic carbocycles. The lowest BCUT2D eigenvalue weighted by molar-refractivity contribution is -0.170. The molecule has 182 valence electrons. The molecule has 3 aromatic rings.